The molecule has 1 aliphatic rings. The van der Waals surface area contributed by atoms with E-state index in [0.29, 0.717) is 25.7 Å². The number of para-hydroxylation sites is 1. The molecule has 1 aromatic rings. The molecule has 1 heterocycles. The molecule has 1 saturated heterocycles. The molecule has 0 aromatic heterocycles. The number of alkyl halides is 3. The van der Waals surface area contributed by atoms with Gasteiger partial charge in [0.2, 0.25) is 0 Å². The number of nitrogens with one attached hydrogen (secondary N) is 2. The van der Waals surface area contributed by atoms with Crippen LogP contribution in [0.4, 0.5) is 13.2 Å². The number of ether oxygens (including phenoxy) is 2. The highest BCUT2D eigenvalue weighted by Crippen LogP contribution is 2.19. The molecular weight excluding hydrogens is 500 g/mol. The van der Waals surface area contributed by atoms with Gasteiger partial charge in [-0.3, -0.25) is 4.90 Å². The zero-order chi connectivity index (χ0) is 20.2. The first-order chi connectivity index (χ1) is 13.5. The topological polar surface area (TPSA) is 58.1 Å². The van der Waals surface area contributed by atoms with Gasteiger partial charge in [0.1, 0.15) is 12.4 Å². The fourth-order valence-electron chi connectivity index (χ4n) is 2.71. The van der Waals surface area contributed by atoms with Crippen molar-refractivity contribution in [3.05, 3.63) is 29.8 Å². The lowest BCUT2D eigenvalue weighted by Gasteiger charge is -2.26. The van der Waals surface area contributed by atoms with Crippen LogP contribution in [0.1, 0.15) is 18.9 Å². The second-order valence-corrected chi connectivity index (χ2v) is 6.40. The van der Waals surface area contributed by atoms with Crippen molar-refractivity contribution in [2.75, 3.05) is 52.5 Å². The van der Waals surface area contributed by atoms with Crippen molar-refractivity contribution in [1.82, 2.24) is 15.5 Å². The van der Waals surface area contributed by atoms with E-state index in [1.54, 1.807) is 0 Å². The van der Waals surface area contributed by atoms with Crippen molar-refractivity contribution in [3.63, 3.8) is 0 Å². The highest BCUT2D eigenvalue weighted by molar-refractivity contribution is 14.0. The summed E-state index contributed by atoms with van der Waals surface area (Å²) in [4.78, 5) is 6.67. The summed E-state index contributed by atoms with van der Waals surface area (Å²) in [6, 6.07) is 7.58. The standard InChI is InChI=1S/C19H29F3N4O2.HI/c1-2-23-18(24-8-7-19(20,21)22)25-15-16-5-3-4-6-17(16)28-14-11-26-9-12-27-13-10-26;/h3-6H,2,7-15H2,1H3,(H2,23,24,25);1H. The molecule has 29 heavy (non-hydrogen) atoms. The Hall–Kier alpha value is -1.27. The second-order valence-electron chi connectivity index (χ2n) is 6.40. The molecule has 166 valence electrons. The van der Waals surface area contributed by atoms with E-state index in [-0.39, 0.29) is 30.5 Å². The van der Waals surface area contributed by atoms with Crippen molar-refractivity contribution < 1.29 is 22.6 Å². The van der Waals surface area contributed by atoms with Gasteiger partial charge in [0.15, 0.2) is 5.96 Å². The van der Waals surface area contributed by atoms with E-state index in [1.807, 2.05) is 31.2 Å². The number of aliphatic imine (C=N–C) groups is 1. The van der Waals surface area contributed by atoms with Gasteiger partial charge >= 0.3 is 6.18 Å². The Morgan fingerprint density at radius 3 is 2.62 bits per heavy atom. The molecule has 0 spiro atoms. The largest absolute Gasteiger partial charge is 0.492 e. The minimum atomic E-state index is -4.19. The maximum atomic E-state index is 12.3. The number of rotatable bonds is 9. The average molecular weight is 530 g/mol. The molecule has 0 radical (unpaired) electrons. The summed E-state index contributed by atoms with van der Waals surface area (Å²) in [5.41, 5.74) is 0.887. The van der Waals surface area contributed by atoms with E-state index in [0.717, 1.165) is 44.2 Å². The Morgan fingerprint density at radius 2 is 1.93 bits per heavy atom. The molecule has 10 heteroatoms. The third-order valence-electron chi connectivity index (χ3n) is 4.19. The van der Waals surface area contributed by atoms with Gasteiger partial charge in [-0.15, -0.1) is 24.0 Å². The highest BCUT2D eigenvalue weighted by atomic mass is 127. The van der Waals surface area contributed by atoms with Gasteiger partial charge in [0.05, 0.1) is 26.2 Å². The number of guanidine groups is 1. The van der Waals surface area contributed by atoms with E-state index < -0.39 is 12.6 Å². The summed E-state index contributed by atoms with van der Waals surface area (Å²) in [5, 5.41) is 5.67. The lowest BCUT2D eigenvalue weighted by molar-refractivity contribution is -0.132. The molecule has 1 aliphatic heterocycles. The third-order valence-corrected chi connectivity index (χ3v) is 4.19. The number of hydrogen-bond donors (Lipinski definition) is 2. The Bertz CT molecular complexity index is 611. The summed E-state index contributed by atoms with van der Waals surface area (Å²) in [7, 11) is 0. The first-order valence-corrected chi connectivity index (χ1v) is 9.57. The molecule has 1 aromatic carbocycles. The quantitative estimate of drug-likeness (QED) is 0.292. The monoisotopic (exact) mass is 530 g/mol. The number of morpholine rings is 1. The zero-order valence-electron chi connectivity index (χ0n) is 16.6. The zero-order valence-corrected chi connectivity index (χ0v) is 19.0. The van der Waals surface area contributed by atoms with Gasteiger partial charge in [-0.1, -0.05) is 18.2 Å². The number of hydrogen-bond acceptors (Lipinski definition) is 4. The summed E-state index contributed by atoms with van der Waals surface area (Å²) in [5.74, 6) is 1.10. The fourth-order valence-corrected chi connectivity index (χ4v) is 2.71. The average Bonchev–Trinajstić information content (AvgIpc) is 2.67. The van der Waals surface area contributed by atoms with E-state index in [9.17, 15) is 13.2 Å². The third kappa shape index (κ3) is 10.9. The smallest absolute Gasteiger partial charge is 0.390 e. The van der Waals surface area contributed by atoms with Crippen molar-refractivity contribution in [2.45, 2.75) is 26.1 Å². The van der Waals surface area contributed by atoms with Crippen molar-refractivity contribution >= 4 is 29.9 Å². The first kappa shape index (κ1) is 25.8. The fraction of sp³-hybridized carbons (Fsp3) is 0.632. The van der Waals surface area contributed by atoms with E-state index >= 15 is 0 Å². The van der Waals surface area contributed by atoms with Crippen LogP contribution in [0.25, 0.3) is 0 Å². The van der Waals surface area contributed by atoms with E-state index in [2.05, 4.69) is 20.5 Å². The Kier molecular flexibility index (Phi) is 12.3. The van der Waals surface area contributed by atoms with Crippen LogP contribution in [0.2, 0.25) is 0 Å². The van der Waals surface area contributed by atoms with Crippen LogP contribution >= 0.6 is 24.0 Å². The molecule has 6 nitrogen and oxygen atoms in total. The molecule has 1 fully saturated rings. The molecule has 0 aliphatic carbocycles. The van der Waals surface area contributed by atoms with Crippen LogP contribution < -0.4 is 15.4 Å². The van der Waals surface area contributed by atoms with Gasteiger partial charge in [-0.25, -0.2) is 4.99 Å². The van der Waals surface area contributed by atoms with Gasteiger partial charge in [-0.2, -0.15) is 13.2 Å². The lowest BCUT2D eigenvalue weighted by atomic mass is 10.2. The SMILES string of the molecule is CCNC(=NCc1ccccc1OCCN1CCOCC1)NCCC(F)(F)F.I. The van der Waals surface area contributed by atoms with Gasteiger partial charge in [-0.05, 0) is 13.0 Å². The van der Waals surface area contributed by atoms with Crippen LogP contribution in [0.15, 0.2) is 29.3 Å². The summed E-state index contributed by atoms with van der Waals surface area (Å²) in [6.07, 6.45) is -5.09. The summed E-state index contributed by atoms with van der Waals surface area (Å²) >= 11 is 0. The Morgan fingerprint density at radius 1 is 1.21 bits per heavy atom. The Labute approximate surface area is 187 Å². The van der Waals surface area contributed by atoms with Gasteiger partial charge in [0, 0.05) is 38.3 Å². The number of nitrogens with zero attached hydrogens (tertiary/aromatic N) is 2. The molecule has 0 bridgehead atoms. The molecular formula is C19H30F3IN4O2. The predicted octanol–water partition coefficient (Wildman–Crippen LogP) is 3.02. The molecule has 0 atom stereocenters. The lowest BCUT2D eigenvalue weighted by Crippen LogP contribution is -2.39. The molecule has 0 unspecified atom stereocenters. The van der Waals surface area contributed by atoms with Crippen LogP contribution in [0.5, 0.6) is 5.75 Å². The minimum absolute atomic E-state index is 0. The van der Waals surface area contributed by atoms with Gasteiger partial charge < -0.3 is 20.1 Å². The van der Waals surface area contributed by atoms with Crippen molar-refractivity contribution in [2.24, 2.45) is 4.99 Å². The van der Waals surface area contributed by atoms with Crippen LogP contribution in [-0.4, -0.2) is 69.6 Å². The van der Waals surface area contributed by atoms with Crippen molar-refractivity contribution in [1.29, 1.82) is 0 Å². The minimum Gasteiger partial charge on any atom is -0.492 e. The molecule has 2 N–H and O–H groups in total. The predicted molar refractivity (Wildman–Crippen MR) is 118 cm³/mol. The molecule has 0 saturated carbocycles. The Balaban J connectivity index is 0.00000420. The maximum absolute atomic E-state index is 12.3. The van der Waals surface area contributed by atoms with E-state index in [1.165, 1.54) is 0 Å². The van der Waals surface area contributed by atoms with E-state index in [4.69, 9.17) is 9.47 Å². The van der Waals surface area contributed by atoms with Crippen LogP contribution in [-0.2, 0) is 11.3 Å². The second kappa shape index (κ2) is 13.9. The normalized spacial score (nSPS) is 15.5. The highest BCUT2D eigenvalue weighted by Gasteiger charge is 2.26. The van der Waals surface area contributed by atoms with Crippen LogP contribution in [0, 0.1) is 0 Å². The maximum Gasteiger partial charge on any atom is 0.390 e. The first-order valence-electron chi connectivity index (χ1n) is 9.57. The number of halogens is 4. The summed E-state index contributed by atoms with van der Waals surface area (Å²) in [6.45, 7) is 7.23. The molecule has 0 amide bonds. The molecule has 2 rings (SSSR count). The van der Waals surface area contributed by atoms with Crippen LogP contribution in [0.3, 0.4) is 0 Å². The number of benzene rings is 1. The van der Waals surface area contributed by atoms with Gasteiger partial charge in [0.25, 0.3) is 0 Å². The van der Waals surface area contributed by atoms with Crippen molar-refractivity contribution in [3.8, 4) is 5.75 Å². The summed E-state index contributed by atoms with van der Waals surface area (Å²) < 4.78 is 48.2.